The summed E-state index contributed by atoms with van der Waals surface area (Å²) in [7, 11) is 0. The van der Waals surface area contributed by atoms with Gasteiger partial charge in [0.1, 0.15) is 11.1 Å². The van der Waals surface area contributed by atoms with Crippen LogP contribution >= 0.6 is 38.6 Å². The number of hydrogen-bond donors (Lipinski definition) is 1. The highest BCUT2D eigenvalue weighted by Crippen LogP contribution is 2.39. The first-order valence-corrected chi connectivity index (χ1v) is 9.12. The number of nitrogens with one attached hydrogen (secondary N) is 1. The van der Waals surface area contributed by atoms with E-state index in [1.807, 2.05) is 6.07 Å². The van der Waals surface area contributed by atoms with Crippen LogP contribution in [-0.2, 0) is 12.8 Å². The predicted molar refractivity (Wildman–Crippen MR) is 90.2 cm³/mol. The van der Waals surface area contributed by atoms with Crippen molar-refractivity contribution in [2.24, 2.45) is 5.92 Å². The zero-order valence-electron chi connectivity index (χ0n) is 11.4. The quantitative estimate of drug-likeness (QED) is 0.811. The second-order valence-corrected chi connectivity index (χ2v) is 8.79. The van der Waals surface area contributed by atoms with Crippen LogP contribution in [0.4, 0.5) is 5.00 Å². The third kappa shape index (κ3) is 2.91. The molecule has 1 unspecified atom stereocenters. The molecule has 1 aliphatic rings. The van der Waals surface area contributed by atoms with Gasteiger partial charge in [-0.1, -0.05) is 6.92 Å². The molecular weight excluding hydrogens is 368 g/mol. The van der Waals surface area contributed by atoms with Gasteiger partial charge < -0.3 is 5.32 Å². The van der Waals surface area contributed by atoms with Crippen molar-refractivity contribution in [3.63, 3.8) is 0 Å². The van der Waals surface area contributed by atoms with Crippen LogP contribution in [0, 0.1) is 17.2 Å². The van der Waals surface area contributed by atoms with E-state index in [0.29, 0.717) is 21.4 Å². The van der Waals surface area contributed by atoms with Crippen LogP contribution in [0.15, 0.2) is 15.9 Å². The molecule has 0 bridgehead atoms. The van der Waals surface area contributed by atoms with Gasteiger partial charge in [-0.05, 0) is 58.8 Å². The smallest absolute Gasteiger partial charge is 0.266 e. The minimum Gasteiger partial charge on any atom is -0.312 e. The molecule has 0 saturated heterocycles. The highest BCUT2D eigenvalue weighted by atomic mass is 79.9. The fraction of sp³-hybridized carbons (Fsp3) is 0.333. The zero-order valence-corrected chi connectivity index (χ0v) is 14.6. The number of nitriles is 1. The van der Waals surface area contributed by atoms with Gasteiger partial charge in [0, 0.05) is 4.88 Å². The number of hydrogen-bond acceptors (Lipinski definition) is 4. The fourth-order valence-electron chi connectivity index (χ4n) is 2.56. The highest BCUT2D eigenvalue weighted by molar-refractivity contribution is 9.11. The van der Waals surface area contributed by atoms with E-state index in [0.717, 1.165) is 28.6 Å². The molecular formula is C15H13BrN2OS2. The fourth-order valence-corrected chi connectivity index (χ4v) is 5.20. The van der Waals surface area contributed by atoms with Crippen molar-refractivity contribution in [2.75, 3.05) is 5.32 Å². The van der Waals surface area contributed by atoms with Crippen molar-refractivity contribution in [2.45, 2.75) is 26.2 Å². The number of carbonyl (C=O) groups is 1. The Morgan fingerprint density at radius 2 is 2.29 bits per heavy atom. The maximum atomic E-state index is 12.2. The number of amides is 1. The first kappa shape index (κ1) is 14.8. The van der Waals surface area contributed by atoms with E-state index >= 15 is 0 Å². The van der Waals surface area contributed by atoms with E-state index in [4.69, 9.17) is 0 Å². The second kappa shape index (κ2) is 5.91. The number of thiophene rings is 2. The number of fused-ring (bicyclic) bond motifs is 1. The number of halogens is 1. The third-order valence-corrected chi connectivity index (χ3v) is 6.44. The number of nitrogens with zero attached hydrogens (tertiary/aromatic N) is 1. The molecule has 1 N–H and O–H groups in total. The molecule has 108 valence electrons. The molecule has 0 fully saturated rings. The average Bonchev–Trinajstić information content (AvgIpc) is 3.01. The van der Waals surface area contributed by atoms with Crippen LogP contribution < -0.4 is 5.32 Å². The van der Waals surface area contributed by atoms with Crippen molar-refractivity contribution in [1.29, 1.82) is 5.26 Å². The lowest BCUT2D eigenvalue weighted by Gasteiger charge is -2.17. The topological polar surface area (TPSA) is 52.9 Å². The van der Waals surface area contributed by atoms with Crippen molar-refractivity contribution in [3.05, 3.63) is 36.8 Å². The van der Waals surface area contributed by atoms with E-state index in [9.17, 15) is 10.1 Å². The number of carbonyl (C=O) groups excluding carboxylic acids is 1. The normalized spacial score (nSPS) is 17.1. The van der Waals surface area contributed by atoms with E-state index in [1.54, 1.807) is 17.4 Å². The lowest BCUT2D eigenvalue weighted by molar-refractivity contribution is 0.103. The number of rotatable bonds is 2. The van der Waals surface area contributed by atoms with Gasteiger partial charge in [0.15, 0.2) is 0 Å². The van der Waals surface area contributed by atoms with Gasteiger partial charge in [0.25, 0.3) is 5.91 Å². The molecule has 0 saturated carbocycles. The Bertz CT molecular complexity index is 741. The van der Waals surface area contributed by atoms with Gasteiger partial charge >= 0.3 is 0 Å². The van der Waals surface area contributed by atoms with Crippen molar-refractivity contribution < 1.29 is 4.79 Å². The molecule has 6 heteroatoms. The molecule has 2 aromatic heterocycles. The highest BCUT2D eigenvalue weighted by Gasteiger charge is 2.25. The van der Waals surface area contributed by atoms with Gasteiger partial charge in [-0.3, -0.25) is 4.79 Å². The lowest BCUT2D eigenvalue weighted by atomic mass is 9.89. The minimum absolute atomic E-state index is 0.145. The van der Waals surface area contributed by atoms with Gasteiger partial charge in [-0.15, -0.1) is 22.7 Å². The summed E-state index contributed by atoms with van der Waals surface area (Å²) in [6, 6.07) is 5.91. The van der Waals surface area contributed by atoms with E-state index < -0.39 is 0 Å². The molecule has 0 aliphatic heterocycles. The largest absolute Gasteiger partial charge is 0.312 e. The summed E-state index contributed by atoms with van der Waals surface area (Å²) in [6.45, 7) is 2.23. The van der Waals surface area contributed by atoms with Crippen LogP contribution in [0.5, 0.6) is 0 Å². The van der Waals surface area contributed by atoms with Crippen molar-refractivity contribution in [3.8, 4) is 6.07 Å². The van der Waals surface area contributed by atoms with E-state index in [2.05, 4.69) is 34.2 Å². The molecule has 2 heterocycles. The standard InChI is InChI=1S/C15H13BrN2OS2/c1-8-2-3-9-10(7-17)15(21-12(9)6-8)18-14(19)11-4-5-13(16)20-11/h4-5,8H,2-3,6H2,1H3,(H,18,19). The summed E-state index contributed by atoms with van der Waals surface area (Å²) in [5.74, 6) is 0.508. The van der Waals surface area contributed by atoms with Gasteiger partial charge in [0.2, 0.25) is 0 Å². The number of anilines is 1. The molecule has 0 spiro atoms. The van der Waals surface area contributed by atoms with E-state index in [1.165, 1.54) is 16.2 Å². The molecule has 3 nitrogen and oxygen atoms in total. The summed E-state index contributed by atoms with van der Waals surface area (Å²) in [5, 5.41) is 13.0. The van der Waals surface area contributed by atoms with E-state index in [-0.39, 0.29) is 5.91 Å². The molecule has 1 atom stereocenters. The summed E-state index contributed by atoms with van der Waals surface area (Å²) in [5.41, 5.74) is 1.80. The SMILES string of the molecule is CC1CCc2c(sc(NC(=O)c3ccc(Br)s3)c2C#N)C1. The zero-order chi connectivity index (χ0) is 15.0. The van der Waals surface area contributed by atoms with Crippen LogP contribution in [0.25, 0.3) is 0 Å². The Hall–Kier alpha value is -1.16. The Kier molecular flexibility index (Phi) is 4.16. The van der Waals surface area contributed by atoms with Gasteiger partial charge in [-0.2, -0.15) is 5.26 Å². The second-order valence-electron chi connectivity index (χ2n) is 5.23. The summed E-state index contributed by atoms with van der Waals surface area (Å²) in [4.78, 5) is 14.1. The minimum atomic E-state index is -0.145. The Morgan fingerprint density at radius 1 is 1.48 bits per heavy atom. The van der Waals surface area contributed by atoms with Crippen LogP contribution in [0.2, 0.25) is 0 Å². The Balaban J connectivity index is 1.89. The molecule has 21 heavy (non-hydrogen) atoms. The third-order valence-electron chi connectivity index (χ3n) is 3.65. The summed E-state index contributed by atoms with van der Waals surface area (Å²) < 4.78 is 0.924. The van der Waals surface area contributed by atoms with Crippen LogP contribution in [0.1, 0.15) is 39.0 Å². The maximum absolute atomic E-state index is 12.2. The molecule has 0 aromatic carbocycles. The average molecular weight is 381 g/mol. The summed E-state index contributed by atoms with van der Waals surface area (Å²) >= 11 is 6.30. The molecule has 2 aromatic rings. The Morgan fingerprint density at radius 3 is 2.95 bits per heavy atom. The molecule has 3 rings (SSSR count). The first-order valence-electron chi connectivity index (χ1n) is 6.69. The molecule has 1 aliphatic carbocycles. The van der Waals surface area contributed by atoms with Gasteiger partial charge in [0.05, 0.1) is 14.2 Å². The van der Waals surface area contributed by atoms with Crippen molar-refractivity contribution >= 4 is 49.5 Å². The monoisotopic (exact) mass is 380 g/mol. The summed E-state index contributed by atoms with van der Waals surface area (Å²) in [6.07, 6.45) is 3.06. The first-order chi connectivity index (χ1) is 10.1. The van der Waals surface area contributed by atoms with Crippen LogP contribution in [-0.4, -0.2) is 5.91 Å². The van der Waals surface area contributed by atoms with Crippen LogP contribution in [0.3, 0.4) is 0 Å². The Labute approximate surface area is 139 Å². The molecule has 0 radical (unpaired) electrons. The molecule has 1 amide bonds. The maximum Gasteiger partial charge on any atom is 0.266 e. The lowest BCUT2D eigenvalue weighted by Crippen LogP contribution is -2.10. The predicted octanol–water partition coefficient (Wildman–Crippen LogP) is 4.82. The van der Waals surface area contributed by atoms with Crippen molar-refractivity contribution in [1.82, 2.24) is 0 Å². The van der Waals surface area contributed by atoms with Gasteiger partial charge in [-0.25, -0.2) is 0 Å².